The number of carbonyl (C=O) groups is 4. The molecule has 1 amide bonds. The molecule has 0 radical (unpaired) electrons. The van der Waals surface area contributed by atoms with Crippen molar-refractivity contribution >= 4 is 45.8 Å². The second kappa shape index (κ2) is 9.53. The Hall–Kier alpha value is -4.09. The molecule has 0 aromatic heterocycles. The molecular formula is C29H28N2O8S. The summed E-state index contributed by atoms with van der Waals surface area (Å²) in [7, 11) is 3.48. The zero-order chi connectivity index (χ0) is 29.3. The third-order valence-corrected chi connectivity index (χ3v) is 8.89. The summed E-state index contributed by atoms with van der Waals surface area (Å²) in [5.41, 5.74) is 3.33. The smallest absolute Gasteiger partial charge is 0.255 e. The number of primary amides is 1. The van der Waals surface area contributed by atoms with Gasteiger partial charge in [-0.05, 0) is 61.2 Å². The van der Waals surface area contributed by atoms with Crippen LogP contribution in [0.3, 0.4) is 0 Å². The number of fused-ring (bicyclic) bond motifs is 3. The van der Waals surface area contributed by atoms with Gasteiger partial charge < -0.3 is 31.1 Å². The van der Waals surface area contributed by atoms with Gasteiger partial charge in [0.05, 0.1) is 11.1 Å². The normalized spacial score (nSPS) is 23.9. The lowest BCUT2D eigenvalue weighted by atomic mass is 9.59. The maximum atomic E-state index is 13.8. The number of thioether (sulfide) groups is 1. The molecule has 6 N–H and O–H groups in total. The number of nitrogens with two attached hydrogens (primary N) is 1. The Labute approximate surface area is 233 Å². The first-order valence-electron chi connectivity index (χ1n) is 12.6. The largest absolute Gasteiger partial charge is 0.508 e. The summed E-state index contributed by atoms with van der Waals surface area (Å²) in [5, 5.41) is 44.4. The lowest BCUT2D eigenvalue weighted by molar-refractivity contribution is -0.147. The highest BCUT2D eigenvalue weighted by Gasteiger charge is 2.60. The molecule has 2 aromatic carbocycles. The lowest BCUT2D eigenvalue weighted by Gasteiger charge is -2.46. The number of nitrogens with zero attached hydrogens (tertiary/aromatic N) is 1. The molecule has 0 spiro atoms. The number of aliphatic hydroxyl groups excluding tert-OH is 2. The van der Waals surface area contributed by atoms with E-state index in [9.17, 15) is 39.6 Å². The van der Waals surface area contributed by atoms with Crippen molar-refractivity contribution in [1.82, 2.24) is 0 Å². The highest BCUT2D eigenvalue weighted by molar-refractivity contribution is 8.14. The van der Waals surface area contributed by atoms with Gasteiger partial charge in [-0.25, -0.2) is 0 Å². The highest BCUT2D eigenvalue weighted by atomic mass is 32.2. The second-order valence-corrected chi connectivity index (χ2v) is 11.7. The molecule has 5 rings (SSSR count). The summed E-state index contributed by atoms with van der Waals surface area (Å²) in [6.45, 7) is 1.92. The van der Waals surface area contributed by atoms with Gasteiger partial charge in [0.15, 0.2) is 11.4 Å². The summed E-state index contributed by atoms with van der Waals surface area (Å²) in [6, 6.07) is 8.79. The van der Waals surface area contributed by atoms with Crippen LogP contribution in [0, 0.1) is 18.8 Å². The van der Waals surface area contributed by atoms with Gasteiger partial charge in [-0.3, -0.25) is 19.2 Å². The Bertz CT molecular complexity index is 1570. The fourth-order valence-corrected chi connectivity index (χ4v) is 6.74. The first-order chi connectivity index (χ1) is 18.8. The number of hydrogen-bond acceptors (Lipinski definition) is 10. The van der Waals surface area contributed by atoms with E-state index in [1.807, 2.05) is 19.1 Å². The minimum absolute atomic E-state index is 0.0283. The van der Waals surface area contributed by atoms with Crippen LogP contribution < -0.4 is 10.6 Å². The van der Waals surface area contributed by atoms with Crippen molar-refractivity contribution in [2.24, 2.45) is 17.6 Å². The number of phenolic OH excluding ortho intramolecular Hbond substituents is 1. The zero-order valence-electron chi connectivity index (χ0n) is 22.0. The summed E-state index contributed by atoms with van der Waals surface area (Å²) >= 11 is 0.896. The van der Waals surface area contributed by atoms with Crippen molar-refractivity contribution in [2.45, 2.75) is 36.7 Å². The number of anilines is 1. The van der Waals surface area contributed by atoms with Crippen molar-refractivity contribution in [3.8, 4) is 5.75 Å². The topological polar surface area (TPSA) is 178 Å². The predicted octanol–water partition coefficient (Wildman–Crippen LogP) is 2.73. The van der Waals surface area contributed by atoms with E-state index in [2.05, 4.69) is 0 Å². The van der Waals surface area contributed by atoms with E-state index in [0.717, 1.165) is 17.3 Å². The van der Waals surface area contributed by atoms with E-state index in [0.29, 0.717) is 16.1 Å². The third-order valence-electron chi connectivity index (χ3n) is 7.97. The predicted molar refractivity (Wildman–Crippen MR) is 147 cm³/mol. The van der Waals surface area contributed by atoms with Gasteiger partial charge in [0.25, 0.3) is 5.91 Å². The summed E-state index contributed by atoms with van der Waals surface area (Å²) in [5.74, 6) is -7.15. The molecule has 0 bridgehead atoms. The number of aryl methyl sites for hydroxylation is 1. The van der Waals surface area contributed by atoms with Gasteiger partial charge in [-0.15, -0.1) is 0 Å². The van der Waals surface area contributed by atoms with Crippen LogP contribution in [-0.4, -0.2) is 62.7 Å². The van der Waals surface area contributed by atoms with E-state index in [1.165, 1.54) is 6.07 Å². The number of carbonyl (C=O) groups excluding carboxylic acids is 4. The molecule has 1 saturated carbocycles. The molecule has 0 saturated heterocycles. The molecule has 2 aromatic rings. The van der Waals surface area contributed by atoms with E-state index >= 15 is 0 Å². The van der Waals surface area contributed by atoms with Crippen LogP contribution in [0.2, 0.25) is 0 Å². The Balaban J connectivity index is 1.66. The van der Waals surface area contributed by atoms with E-state index in [-0.39, 0.29) is 29.5 Å². The third kappa shape index (κ3) is 3.99. The fourth-order valence-electron chi connectivity index (χ4n) is 5.99. The quantitative estimate of drug-likeness (QED) is 0.274. The number of Topliss-reactive ketones (excluding diaryl/α,β-unsaturated/α-hetero) is 2. The SMILES string of the molecule is Cc1ccc(SC(=O)c2cc(N(C)C)c3c(c2O)C(O)=C2C(=O)[C@]4(O)C(O)=C(C(N)=O)C(=O)C[C@@H]4C[C@@H]2C3)cc1. The highest BCUT2D eigenvalue weighted by Crippen LogP contribution is 2.53. The summed E-state index contributed by atoms with van der Waals surface area (Å²) < 4.78 is 0. The number of aliphatic hydroxyl groups is 3. The van der Waals surface area contributed by atoms with Gasteiger partial charge in [0, 0.05) is 42.6 Å². The molecule has 3 aliphatic carbocycles. The summed E-state index contributed by atoms with van der Waals surface area (Å²) in [4.78, 5) is 53.8. The first-order valence-corrected chi connectivity index (χ1v) is 13.4. The van der Waals surface area contributed by atoms with Crippen molar-refractivity contribution in [3.63, 3.8) is 0 Å². The maximum Gasteiger partial charge on any atom is 0.255 e. The molecule has 10 nitrogen and oxygen atoms in total. The average molecular weight is 565 g/mol. The number of phenols is 1. The number of rotatable bonds is 4. The van der Waals surface area contributed by atoms with Crippen LogP contribution in [0.1, 0.15) is 39.9 Å². The maximum absolute atomic E-state index is 13.8. The Morgan fingerprint density at radius 2 is 1.73 bits per heavy atom. The van der Waals surface area contributed by atoms with Gasteiger partial charge in [-0.1, -0.05) is 17.7 Å². The fraction of sp³-hybridized carbons (Fsp3) is 0.310. The zero-order valence-corrected chi connectivity index (χ0v) is 22.8. The van der Waals surface area contributed by atoms with Crippen molar-refractivity contribution in [3.05, 3.63) is 69.5 Å². The van der Waals surface area contributed by atoms with Crippen LogP contribution in [0.25, 0.3) is 5.76 Å². The average Bonchev–Trinajstić information content (AvgIpc) is 2.87. The van der Waals surface area contributed by atoms with Crippen molar-refractivity contribution in [1.29, 1.82) is 0 Å². The van der Waals surface area contributed by atoms with Crippen LogP contribution in [-0.2, 0) is 20.8 Å². The van der Waals surface area contributed by atoms with Crippen molar-refractivity contribution in [2.75, 3.05) is 19.0 Å². The van der Waals surface area contributed by atoms with Crippen LogP contribution in [0.15, 0.2) is 52.1 Å². The Morgan fingerprint density at radius 3 is 2.33 bits per heavy atom. The molecule has 1 fully saturated rings. The molecule has 3 atom stereocenters. The minimum Gasteiger partial charge on any atom is -0.508 e. The molecule has 0 heterocycles. The van der Waals surface area contributed by atoms with E-state index < -0.39 is 69.3 Å². The Kier molecular flexibility index (Phi) is 6.54. The number of amides is 1. The monoisotopic (exact) mass is 564 g/mol. The molecule has 208 valence electrons. The van der Waals surface area contributed by atoms with Gasteiger partial charge in [0.2, 0.25) is 10.9 Å². The molecule has 11 heteroatoms. The number of hydrogen-bond donors (Lipinski definition) is 5. The minimum atomic E-state index is -2.65. The molecule has 40 heavy (non-hydrogen) atoms. The van der Waals surface area contributed by atoms with Crippen LogP contribution in [0.4, 0.5) is 5.69 Å². The summed E-state index contributed by atoms with van der Waals surface area (Å²) in [6.07, 6.45) is -0.215. The standard InChI is InChI=1S/C29H28N2O8S/c1-12-4-6-15(7-5-12)40-28(38)17-11-18(31(2)3)16-9-13-8-14-10-19(32)22(27(30)37)26(36)29(14,39)25(35)20(13)24(34)21(16)23(17)33/h4-7,11,13-14,33-34,36,39H,8-10H2,1-3H3,(H2,30,37)/t13-,14+,29+/m1/s1. The lowest BCUT2D eigenvalue weighted by Crippen LogP contribution is -2.58. The van der Waals surface area contributed by atoms with E-state index in [1.54, 1.807) is 31.1 Å². The van der Waals surface area contributed by atoms with Gasteiger partial charge in [-0.2, -0.15) is 0 Å². The first kappa shape index (κ1) is 27.5. The van der Waals surface area contributed by atoms with Crippen molar-refractivity contribution < 1.29 is 39.6 Å². The van der Waals surface area contributed by atoms with E-state index in [4.69, 9.17) is 5.73 Å². The Morgan fingerprint density at radius 1 is 1.07 bits per heavy atom. The van der Waals surface area contributed by atoms with Gasteiger partial charge >= 0.3 is 0 Å². The second-order valence-electron chi connectivity index (χ2n) is 10.6. The molecule has 0 unspecified atom stereocenters. The number of aromatic hydroxyl groups is 1. The van der Waals surface area contributed by atoms with Crippen LogP contribution in [0.5, 0.6) is 5.75 Å². The van der Waals surface area contributed by atoms with Crippen LogP contribution >= 0.6 is 11.8 Å². The molecule has 3 aliphatic rings. The molecular weight excluding hydrogens is 536 g/mol. The number of benzene rings is 2. The van der Waals surface area contributed by atoms with Gasteiger partial charge in [0.1, 0.15) is 22.8 Å². The molecule has 0 aliphatic heterocycles. The number of ketones is 2.